The first-order chi connectivity index (χ1) is 15.1. The van der Waals surface area contributed by atoms with Gasteiger partial charge in [0.2, 0.25) is 0 Å². The summed E-state index contributed by atoms with van der Waals surface area (Å²) in [7, 11) is 1.64. The zero-order chi connectivity index (χ0) is 22.3. The molecule has 3 aromatic rings. The van der Waals surface area contributed by atoms with Crippen LogP contribution in [0.3, 0.4) is 0 Å². The maximum atomic E-state index is 9.19. The highest BCUT2D eigenvalue weighted by Gasteiger charge is 2.40. The van der Waals surface area contributed by atoms with Gasteiger partial charge in [-0.2, -0.15) is 5.26 Å². The van der Waals surface area contributed by atoms with E-state index in [4.69, 9.17) is 25.1 Å². The molecule has 0 amide bonds. The van der Waals surface area contributed by atoms with Gasteiger partial charge in [0, 0.05) is 0 Å². The van der Waals surface area contributed by atoms with Crippen molar-refractivity contribution < 1.29 is 19.4 Å². The van der Waals surface area contributed by atoms with Crippen molar-refractivity contribution in [2.45, 2.75) is 5.54 Å². The number of carbonyl (C=O) groups is 1. The number of hydrogen-bond acceptors (Lipinski definition) is 6. The molecule has 1 atom stereocenters. The van der Waals surface area contributed by atoms with Gasteiger partial charge < -0.3 is 20.3 Å². The number of amidine groups is 1. The van der Waals surface area contributed by atoms with E-state index < -0.39 is 5.54 Å². The van der Waals surface area contributed by atoms with E-state index in [1.54, 1.807) is 13.2 Å². The molecule has 7 nitrogen and oxygen atoms in total. The Balaban J connectivity index is 0.000000858. The van der Waals surface area contributed by atoms with Gasteiger partial charge in [-0.3, -0.25) is 4.79 Å². The topological polar surface area (TPSA) is 118 Å². The fourth-order valence-corrected chi connectivity index (χ4v) is 3.48. The van der Waals surface area contributed by atoms with Gasteiger partial charge in [-0.15, -0.1) is 0 Å². The van der Waals surface area contributed by atoms with E-state index in [2.05, 4.69) is 17.1 Å². The highest BCUT2D eigenvalue weighted by molar-refractivity contribution is 5.76. The predicted octanol–water partition coefficient (Wildman–Crippen LogP) is 3.52. The maximum absolute atomic E-state index is 9.19. The molecule has 3 aromatic carbocycles. The summed E-state index contributed by atoms with van der Waals surface area (Å²) in [4.78, 5) is 13.0. The maximum Gasteiger partial charge on any atom is 0.290 e. The molecule has 156 valence electrons. The van der Waals surface area contributed by atoms with E-state index in [1.165, 1.54) is 0 Å². The normalized spacial score (nSPS) is 16.7. The first-order valence-corrected chi connectivity index (χ1v) is 9.38. The zero-order valence-corrected chi connectivity index (χ0v) is 16.9. The van der Waals surface area contributed by atoms with Crippen LogP contribution in [-0.2, 0) is 15.1 Å². The average Bonchev–Trinajstić information content (AvgIpc) is 3.22. The van der Waals surface area contributed by atoms with E-state index in [-0.39, 0.29) is 12.5 Å². The molecule has 0 saturated heterocycles. The SMILES string of the molecule is COc1ccc(C2(c3cccc(-c4cccc(C#N)c4)c3)COC(N)=N2)cc1.O=CO. The van der Waals surface area contributed by atoms with E-state index in [9.17, 15) is 5.26 Å². The smallest absolute Gasteiger partial charge is 0.290 e. The Morgan fingerprint density at radius 3 is 2.32 bits per heavy atom. The molecule has 0 bridgehead atoms. The molecule has 1 unspecified atom stereocenters. The predicted molar refractivity (Wildman–Crippen MR) is 117 cm³/mol. The van der Waals surface area contributed by atoms with Crippen LogP contribution in [0.15, 0.2) is 77.8 Å². The Morgan fingerprint density at radius 1 is 1.10 bits per heavy atom. The van der Waals surface area contributed by atoms with Gasteiger partial charge in [0.15, 0.2) is 5.54 Å². The molecule has 31 heavy (non-hydrogen) atoms. The lowest BCUT2D eigenvalue weighted by molar-refractivity contribution is -0.122. The van der Waals surface area contributed by atoms with Crippen molar-refractivity contribution >= 4 is 12.5 Å². The van der Waals surface area contributed by atoms with Crippen LogP contribution in [0.4, 0.5) is 0 Å². The number of nitrogens with two attached hydrogens (primary N) is 1. The van der Waals surface area contributed by atoms with Crippen molar-refractivity contribution in [1.82, 2.24) is 0 Å². The molecule has 1 aliphatic heterocycles. The molecular formula is C24H21N3O4. The Hall–Kier alpha value is -4.31. The number of methoxy groups -OCH3 is 1. The second kappa shape index (κ2) is 9.46. The van der Waals surface area contributed by atoms with Gasteiger partial charge >= 0.3 is 0 Å². The summed E-state index contributed by atoms with van der Waals surface area (Å²) in [5.74, 6) is 0.775. The standard InChI is InChI=1S/C23H19N3O2.CH2O2/c1-27-21-10-8-19(9-11-21)23(15-28-22(25)26-23)20-7-3-6-18(13-20)17-5-2-4-16(12-17)14-24;2-1-3/h2-13H,15H2,1H3,(H2,25,26);1H,(H,2,3). The van der Waals surface area contributed by atoms with Crippen LogP contribution in [-0.4, -0.2) is 31.3 Å². The molecule has 4 rings (SSSR count). The fourth-order valence-electron chi connectivity index (χ4n) is 3.48. The summed E-state index contributed by atoms with van der Waals surface area (Å²) in [5.41, 5.74) is 9.71. The summed E-state index contributed by atoms with van der Waals surface area (Å²) in [6.45, 7) is 0.0762. The van der Waals surface area contributed by atoms with Crippen molar-refractivity contribution in [1.29, 1.82) is 5.26 Å². The van der Waals surface area contributed by atoms with Crippen LogP contribution >= 0.6 is 0 Å². The van der Waals surface area contributed by atoms with Crippen LogP contribution in [0, 0.1) is 11.3 Å². The van der Waals surface area contributed by atoms with E-state index in [0.29, 0.717) is 12.2 Å². The number of benzene rings is 3. The molecule has 0 radical (unpaired) electrons. The minimum absolute atomic E-state index is 0.174. The lowest BCUT2D eigenvalue weighted by Crippen LogP contribution is -2.27. The first kappa shape index (κ1) is 21.4. The molecule has 1 heterocycles. The van der Waals surface area contributed by atoms with Crippen LogP contribution in [0.1, 0.15) is 16.7 Å². The number of aliphatic imine (C=N–C) groups is 1. The third-order valence-corrected chi connectivity index (χ3v) is 4.96. The van der Waals surface area contributed by atoms with Crippen molar-refractivity contribution in [3.05, 3.63) is 89.5 Å². The number of nitriles is 1. The van der Waals surface area contributed by atoms with Gasteiger partial charge in [-0.05, 0) is 52.6 Å². The van der Waals surface area contributed by atoms with Crippen LogP contribution < -0.4 is 10.5 Å². The van der Waals surface area contributed by atoms with Crippen LogP contribution in [0.5, 0.6) is 5.75 Å². The highest BCUT2D eigenvalue weighted by Crippen LogP contribution is 2.39. The van der Waals surface area contributed by atoms with Gasteiger partial charge in [-0.1, -0.05) is 42.5 Å². The van der Waals surface area contributed by atoms with Crippen molar-refractivity contribution in [3.63, 3.8) is 0 Å². The summed E-state index contributed by atoms with van der Waals surface area (Å²) < 4.78 is 10.8. The van der Waals surface area contributed by atoms with Crippen molar-refractivity contribution in [2.75, 3.05) is 13.7 Å². The number of ether oxygens (including phenoxy) is 2. The largest absolute Gasteiger partial charge is 0.497 e. The molecule has 0 spiro atoms. The molecule has 0 fully saturated rings. The molecular weight excluding hydrogens is 394 g/mol. The second-order valence-electron chi connectivity index (χ2n) is 6.71. The Labute approximate surface area is 180 Å². The van der Waals surface area contributed by atoms with Crippen molar-refractivity contribution in [2.24, 2.45) is 10.7 Å². The van der Waals surface area contributed by atoms with E-state index >= 15 is 0 Å². The molecule has 1 aliphatic rings. The average molecular weight is 415 g/mol. The van der Waals surface area contributed by atoms with Gasteiger partial charge in [0.05, 0.1) is 18.7 Å². The summed E-state index contributed by atoms with van der Waals surface area (Å²) >= 11 is 0. The highest BCUT2D eigenvalue weighted by atomic mass is 16.5. The first-order valence-electron chi connectivity index (χ1n) is 9.38. The number of hydrogen-bond donors (Lipinski definition) is 2. The molecule has 3 N–H and O–H groups in total. The minimum Gasteiger partial charge on any atom is -0.497 e. The Bertz CT molecular complexity index is 1140. The summed E-state index contributed by atoms with van der Waals surface area (Å²) in [6, 6.07) is 25.8. The third-order valence-electron chi connectivity index (χ3n) is 4.96. The molecule has 0 aromatic heterocycles. The lowest BCUT2D eigenvalue weighted by atomic mass is 9.83. The lowest BCUT2D eigenvalue weighted by Gasteiger charge is -2.26. The third kappa shape index (κ3) is 4.49. The monoisotopic (exact) mass is 415 g/mol. The number of nitrogens with zero attached hydrogens (tertiary/aromatic N) is 2. The Kier molecular flexibility index (Phi) is 6.53. The van der Waals surface area contributed by atoms with Gasteiger partial charge in [0.1, 0.15) is 12.4 Å². The summed E-state index contributed by atoms with van der Waals surface area (Å²) in [6.07, 6.45) is 0. The fraction of sp³-hybridized carbons (Fsp3) is 0.125. The van der Waals surface area contributed by atoms with Crippen LogP contribution in [0.25, 0.3) is 11.1 Å². The number of carboxylic acid groups (broad SMARTS) is 1. The van der Waals surface area contributed by atoms with Crippen molar-refractivity contribution in [3.8, 4) is 22.9 Å². The minimum atomic E-state index is -0.723. The molecule has 0 saturated carbocycles. The van der Waals surface area contributed by atoms with Gasteiger partial charge in [-0.25, -0.2) is 4.99 Å². The quantitative estimate of drug-likeness (QED) is 0.630. The van der Waals surface area contributed by atoms with Gasteiger partial charge in [0.25, 0.3) is 12.5 Å². The van der Waals surface area contributed by atoms with Crippen LogP contribution in [0.2, 0.25) is 0 Å². The molecule has 0 aliphatic carbocycles. The van der Waals surface area contributed by atoms with E-state index in [1.807, 2.05) is 60.7 Å². The summed E-state index contributed by atoms with van der Waals surface area (Å²) in [5, 5.41) is 16.1. The Morgan fingerprint density at radius 2 is 1.74 bits per heavy atom. The zero-order valence-electron chi connectivity index (χ0n) is 16.9. The second-order valence-corrected chi connectivity index (χ2v) is 6.71. The molecule has 7 heteroatoms. The number of rotatable bonds is 4. The van der Waals surface area contributed by atoms with E-state index in [0.717, 1.165) is 28.0 Å².